The second kappa shape index (κ2) is 7.77. The molecule has 0 saturated heterocycles. The summed E-state index contributed by atoms with van der Waals surface area (Å²) in [4.78, 5) is 22.9. The maximum Gasteiger partial charge on any atom is 0.333 e. The molecule has 0 aromatic carbocycles. The van der Waals surface area contributed by atoms with Crippen LogP contribution in [0.15, 0.2) is 24.3 Å². The van der Waals surface area contributed by atoms with Crippen LogP contribution in [-0.4, -0.2) is 24.6 Å². The third-order valence-corrected chi connectivity index (χ3v) is 2.86. The fraction of sp³-hybridized carbons (Fsp3) is 0.600. The molecule has 0 radical (unpaired) electrons. The molecule has 0 heterocycles. The third kappa shape index (κ3) is 6.22. The van der Waals surface area contributed by atoms with Gasteiger partial charge < -0.3 is 9.47 Å². The zero-order valence-corrected chi connectivity index (χ0v) is 12.5. The summed E-state index contributed by atoms with van der Waals surface area (Å²) in [6.07, 6.45) is -0.345. The second-order valence-corrected chi connectivity index (χ2v) is 5.18. The Kier molecular flexibility index (Phi) is 7.12. The lowest BCUT2D eigenvalue weighted by atomic mass is 9.92. The Morgan fingerprint density at radius 2 is 1.47 bits per heavy atom. The molecular weight excluding hydrogens is 244 g/mol. The van der Waals surface area contributed by atoms with Gasteiger partial charge >= 0.3 is 11.9 Å². The lowest BCUT2D eigenvalue weighted by molar-refractivity contribution is -0.151. The van der Waals surface area contributed by atoms with Crippen LogP contribution in [0.25, 0.3) is 0 Å². The minimum Gasteiger partial charge on any atom is -0.462 e. The molecule has 108 valence electrons. The van der Waals surface area contributed by atoms with Crippen molar-refractivity contribution in [3.63, 3.8) is 0 Å². The van der Waals surface area contributed by atoms with Crippen molar-refractivity contribution in [2.75, 3.05) is 6.61 Å². The number of carbonyl (C=O) groups is 2. The van der Waals surface area contributed by atoms with Crippen LogP contribution in [0, 0.1) is 11.8 Å². The minimum atomic E-state index is -0.427. The molecule has 19 heavy (non-hydrogen) atoms. The van der Waals surface area contributed by atoms with Crippen molar-refractivity contribution in [2.24, 2.45) is 11.8 Å². The van der Waals surface area contributed by atoms with Gasteiger partial charge in [0, 0.05) is 17.1 Å². The average molecular weight is 268 g/mol. The summed E-state index contributed by atoms with van der Waals surface area (Å²) in [5.74, 6) is -0.703. The Balaban J connectivity index is 4.55. The quantitative estimate of drug-likeness (QED) is 0.526. The molecular formula is C15H24O4. The smallest absolute Gasteiger partial charge is 0.333 e. The van der Waals surface area contributed by atoms with Gasteiger partial charge in [0.05, 0.1) is 6.61 Å². The van der Waals surface area contributed by atoms with E-state index in [1.807, 2.05) is 13.8 Å². The molecule has 0 fully saturated rings. The number of esters is 2. The van der Waals surface area contributed by atoms with Gasteiger partial charge in [0.1, 0.15) is 6.10 Å². The van der Waals surface area contributed by atoms with Gasteiger partial charge in [0.25, 0.3) is 0 Å². The summed E-state index contributed by atoms with van der Waals surface area (Å²) in [7, 11) is 0. The molecule has 0 saturated carbocycles. The van der Waals surface area contributed by atoms with Gasteiger partial charge in [-0.15, -0.1) is 0 Å². The van der Waals surface area contributed by atoms with E-state index in [1.165, 1.54) is 0 Å². The normalized spacial score (nSPS) is 13.6. The molecule has 0 bridgehead atoms. The van der Waals surface area contributed by atoms with Crippen LogP contribution in [0.1, 0.15) is 34.6 Å². The SMILES string of the molecule is C=C(C)C(=O)OCC(C(C)C)C(C)OC(=O)C(=C)C. The van der Waals surface area contributed by atoms with Gasteiger partial charge in [0.15, 0.2) is 0 Å². The summed E-state index contributed by atoms with van der Waals surface area (Å²) in [6, 6.07) is 0. The third-order valence-electron chi connectivity index (χ3n) is 2.86. The molecule has 2 unspecified atom stereocenters. The van der Waals surface area contributed by atoms with E-state index in [4.69, 9.17) is 9.47 Å². The van der Waals surface area contributed by atoms with E-state index in [0.29, 0.717) is 11.1 Å². The van der Waals surface area contributed by atoms with E-state index in [2.05, 4.69) is 13.2 Å². The zero-order valence-electron chi connectivity index (χ0n) is 12.5. The fourth-order valence-electron chi connectivity index (χ4n) is 1.52. The molecule has 0 N–H and O–H groups in total. The topological polar surface area (TPSA) is 52.6 Å². The number of hydrogen-bond acceptors (Lipinski definition) is 4. The van der Waals surface area contributed by atoms with E-state index in [9.17, 15) is 9.59 Å². The molecule has 0 aromatic rings. The molecule has 0 amide bonds. The van der Waals surface area contributed by atoms with Crippen molar-refractivity contribution in [2.45, 2.75) is 40.7 Å². The van der Waals surface area contributed by atoms with Crippen LogP contribution >= 0.6 is 0 Å². The molecule has 4 nitrogen and oxygen atoms in total. The first-order valence-electron chi connectivity index (χ1n) is 6.35. The lowest BCUT2D eigenvalue weighted by Gasteiger charge is -2.27. The largest absolute Gasteiger partial charge is 0.462 e. The highest BCUT2D eigenvalue weighted by Gasteiger charge is 2.26. The summed E-state index contributed by atoms with van der Waals surface area (Å²) in [6.45, 7) is 16.2. The summed E-state index contributed by atoms with van der Waals surface area (Å²) < 4.78 is 10.4. The maximum atomic E-state index is 11.5. The van der Waals surface area contributed by atoms with Crippen molar-refractivity contribution in [1.29, 1.82) is 0 Å². The highest BCUT2D eigenvalue weighted by molar-refractivity contribution is 5.87. The standard InChI is InChI=1S/C15H24O4/c1-9(2)13(8-18-14(16)10(3)4)12(7)19-15(17)11(5)6/h9,12-13H,3,5,8H2,1-2,4,6-7H3. The monoisotopic (exact) mass is 268 g/mol. The molecule has 0 aliphatic heterocycles. The Morgan fingerprint density at radius 1 is 1.00 bits per heavy atom. The highest BCUT2D eigenvalue weighted by atomic mass is 16.6. The first-order chi connectivity index (χ1) is 8.66. The first kappa shape index (κ1) is 17.4. The molecule has 0 aliphatic rings. The number of ether oxygens (including phenoxy) is 2. The molecule has 0 aliphatic carbocycles. The van der Waals surface area contributed by atoms with Gasteiger partial charge in [-0.05, 0) is 26.7 Å². The number of carbonyl (C=O) groups excluding carboxylic acids is 2. The van der Waals surface area contributed by atoms with E-state index in [1.54, 1.807) is 20.8 Å². The van der Waals surface area contributed by atoms with Crippen molar-refractivity contribution < 1.29 is 19.1 Å². The van der Waals surface area contributed by atoms with Crippen molar-refractivity contribution in [3.05, 3.63) is 24.3 Å². The van der Waals surface area contributed by atoms with E-state index in [-0.39, 0.29) is 24.5 Å². The molecule has 0 rings (SSSR count). The Morgan fingerprint density at radius 3 is 1.84 bits per heavy atom. The Hall–Kier alpha value is -1.58. The average Bonchev–Trinajstić information content (AvgIpc) is 2.27. The summed E-state index contributed by atoms with van der Waals surface area (Å²) in [5, 5.41) is 0. The van der Waals surface area contributed by atoms with Crippen LogP contribution in [-0.2, 0) is 19.1 Å². The van der Waals surface area contributed by atoms with Gasteiger partial charge in [0.2, 0.25) is 0 Å². The molecule has 0 spiro atoms. The second-order valence-electron chi connectivity index (χ2n) is 5.18. The van der Waals surface area contributed by atoms with Gasteiger partial charge in [-0.25, -0.2) is 9.59 Å². The van der Waals surface area contributed by atoms with E-state index >= 15 is 0 Å². The predicted molar refractivity (Wildman–Crippen MR) is 74.5 cm³/mol. The Bertz CT molecular complexity index is 368. The van der Waals surface area contributed by atoms with Crippen LogP contribution < -0.4 is 0 Å². The van der Waals surface area contributed by atoms with Crippen LogP contribution in [0.4, 0.5) is 0 Å². The zero-order chi connectivity index (χ0) is 15.2. The fourth-order valence-corrected chi connectivity index (χ4v) is 1.52. The highest BCUT2D eigenvalue weighted by Crippen LogP contribution is 2.20. The van der Waals surface area contributed by atoms with E-state index in [0.717, 1.165) is 0 Å². The van der Waals surface area contributed by atoms with Crippen LogP contribution in [0.5, 0.6) is 0 Å². The first-order valence-corrected chi connectivity index (χ1v) is 6.35. The summed E-state index contributed by atoms with van der Waals surface area (Å²) in [5.41, 5.74) is 0.711. The minimum absolute atomic E-state index is 0.0633. The van der Waals surface area contributed by atoms with Crippen LogP contribution in [0.2, 0.25) is 0 Å². The van der Waals surface area contributed by atoms with Gasteiger partial charge in [-0.2, -0.15) is 0 Å². The predicted octanol–water partition coefficient (Wildman–Crippen LogP) is 2.89. The molecule has 2 atom stereocenters. The van der Waals surface area contributed by atoms with E-state index < -0.39 is 11.9 Å². The number of hydrogen-bond donors (Lipinski definition) is 0. The van der Waals surface area contributed by atoms with Crippen molar-refractivity contribution >= 4 is 11.9 Å². The maximum absolute atomic E-state index is 11.5. The summed E-state index contributed by atoms with van der Waals surface area (Å²) >= 11 is 0. The van der Waals surface area contributed by atoms with Crippen molar-refractivity contribution in [1.82, 2.24) is 0 Å². The molecule has 4 heteroatoms. The molecule has 0 aromatic heterocycles. The number of rotatable bonds is 7. The van der Waals surface area contributed by atoms with Crippen LogP contribution in [0.3, 0.4) is 0 Å². The van der Waals surface area contributed by atoms with Gasteiger partial charge in [-0.3, -0.25) is 0 Å². The Labute approximate surface area is 115 Å². The van der Waals surface area contributed by atoms with Crippen molar-refractivity contribution in [3.8, 4) is 0 Å². The lowest BCUT2D eigenvalue weighted by Crippen LogP contribution is -2.32. The van der Waals surface area contributed by atoms with Gasteiger partial charge in [-0.1, -0.05) is 27.0 Å².